The number of nitrogens with one attached hydrogen (secondary N) is 1. The number of hydrogen-bond donors (Lipinski definition) is 1. The van der Waals surface area contributed by atoms with Crippen LogP contribution in [0.3, 0.4) is 0 Å². The van der Waals surface area contributed by atoms with Crippen molar-refractivity contribution in [3.63, 3.8) is 0 Å². The first-order chi connectivity index (χ1) is 9.70. The van der Waals surface area contributed by atoms with Crippen LogP contribution in [0.1, 0.15) is 37.5 Å². The smallest absolute Gasteiger partial charge is 0.134 e. The van der Waals surface area contributed by atoms with Crippen molar-refractivity contribution in [1.82, 2.24) is 5.32 Å². The van der Waals surface area contributed by atoms with Crippen molar-refractivity contribution in [3.05, 3.63) is 46.1 Å². The Balaban J connectivity index is 0.00000220. The summed E-state index contributed by atoms with van der Waals surface area (Å²) in [6.45, 7) is 6.17. The molecule has 0 atom stereocenters. The second-order valence-electron chi connectivity index (χ2n) is 5.11. The van der Waals surface area contributed by atoms with E-state index in [2.05, 4.69) is 59.4 Å². The van der Waals surface area contributed by atoms with E-state index < -0.39 is 0 Å². The number of hydrogen-bond acceptors (Lipinski definition) is 2. The molecule has 0 spiro atoms. The van der Waals surface area contributed by atoms with Gasteiger partial charge in [0.1, 0.15) is 11.5 Å². The third-order valence-electron chi connectivity index (χ3n) is 3.36. The molecule has 0 aliphatic carbocycles. The number of rotatable bonds is 7. The number of halogens is 2. The van der Waals surface area contributed by atoms with Gasteiger partial charge in [-0.1, -0.05) is 41.8 Å². The molecular formula is C17H23BrClNO. The summed E-state index contributed by atoms with van der Waals surface area (Å²) in [5.41, 5.74) is 2.35. The van der Waals surface area contributed by atoms with Gasteiger partial charge in [-0.25, -0.2) is 0 Å². The predicted molar refractivity (Wildman–Crippen MR) is 95.1 cm³/mol. The van der Waals surface area contributed by atoms with E-state index in [9.17, 15) is 0 Å². The van der Waals surface area contributed by atoms with E-state index in [4.69, 9.17) is 4.42 Å². The van der Waals surface area contributed by atoms with Gasteiger partial charge < -0.3 is 9.73 Å². The highest BCUT2D eigenvalue weighted by molar-refractivity contribution is 9.10. The maximum Gasteiger partial charge on any atom is 0.134 e. The van der Waals surface area contributed by atoms with Crippen LogP contribution in [-0.4, -0.2) is 6.54 Å². The fourth-order valence-electron chi connectivity index (χ4n) is 2.14. The van der Waals surface area contributed by atoms with Gasteiger partial charge in [0.2, 0.25) is 0 Å². The second-order valence-corrected chi connectivity index (χ2v) is 5.97. The standard InChI is InChI=1S/C17H22BrNO.ClH/c1-3-4-5-10-19-12-15-7-9-17(20-15)14-6-8-16(18)13(2)11-14;/h6-9,11,19H,3-5,10,12H2,1-2H3;1H. The largest absolute Gasteiger partial charge is 0.460 e. The zero-order chi connectivity index (χ0) is 14.4. The van der Waals surface area contributed by atoms with Crippen LogP contribution < -0.4 is 5.32 Å². The summed E-state index contributed by atoms with van der Waals surface area (Å²) in [7, 11) is 0. The Morgan fingerprint density at radius 2 is 1.95 bits per heavy atom. The van der Waals surface area contributed by atoms with Crippen molar-refractivity contribution in [1.29, 1.82) is 0 Å². The normalized spacial score (nSPS) is 10.4. The molecule has 0 unspecified atom stereocenters. The van der Waals surface area contributed by atoms with Crippen LogP contribution in [0.2, 0.25) is 0 Å². The van der Waals surface area contributed by atoms with Gasteiger partial charge in [0.25, 0.3) is 0 Å². The molecule has 1 heterocycles. The summed E-state index contributed by atoms with van der Waals surface area (Å²) >= 11 is 3.52. The molecule has 2 aromatic rings. The van der Waals surface area contributed by atoms with Crippen molar-refractivity contribution < 1.29 is 4.42 Å². The minimum absolute atomic E-state index is 0. The van der Waals surface area contributed by atoms with Gasteiger partial charge in [-0.15, -0.1) is 12.4 Å². The average molecular weight is 373 g/mol. The highest BCUT2D eigenvalue weighted by Gasteiger charge is 2.06. The molecule has 2 nitrogen and oxygen atoms in total. The van der Waals surface area contributed by atoms with Crippen LogP contribution in [0.25, 0.3) is 11.3 Å². The Morgan fingerprint density at radius 3 is 2.67 bits per heavy atom. The van der Waals surface area contributed by atoms with E-state index in [1.807, 2.05) is 6.07 Å². The minimum atomic E-state index is 0. The van der Waals surface area contributed by atoms with Crippen LogP contribution in [0, 0.1) is 6.92 Å². The first-order valence-electron chi connectivity index (χ1n) is 7.26. The minimum Gasteiger partial charge on any atom is -0.460 e. The molecule has 21 heavy (non-hydrogen) atoms. The molecule has 1 N–H and O–H groups in total. The lowest BCUT2D eigenvalue weighted by molar-refractivity contribution is 0.488. The second kappa shape index (κ2) is 9.29. The molecule has 0 bridgehead atoms. The first kappa shape index (κ1) is 18.3. The van der Waals surface area contributed by atoms with Crippen LogP contribution in [0.4, 0.5) is 0 Å². The molecule has 0 aliphatic heterocycles. The van der Waals surface area contributed by atoms with Crippen molar-refractivity contribution >= 4 is 28.3 Å². The molecule has 0 saturated carbocycles. The van der Waals surface area contributed by atoms with E-state index in [1.165, 1.54) is 24.8 Å². The molecule has 1 aromatic carbocycles. The van der Waals surface area contributed by atoms with Gasteiger partial charge in [0.05, 0.1) is 6.54 Å². The van der Waals surface area contributed by atoms with E-state index >= 15 is 0 Å². The Kier molecular flexibility index (Phi) is 8.09. The zero-order valence-electron chi connectivity index (χ0n) is 12.6. The molecule has 4 heteroatoms. The van der Waals surface area contributed by atoms with Crippen molar-refractivity contribution in [2.45, 2.75) is 39.7 Å². The SMILES string of the molecule is CCCCCNCc1ccc(-c2ccc(Br)c(C)c2)o1.Cl. The topological polar surface area (TPSA) is 25.2 Å². The van der Waals surface area contributed by atoms with Gasteiger partial charge in [-0.05, 0) is 49.7 Å². The van der Waals surface area contributed by atoms with Crippen LogP contribution >= 0.6 is 28.3 Å². The van der Waals surface area contributed by atoms with Crippen molar-refractivity contribution in [3.8, 4) is 11.3 Å². The average Bonchev–Trinajstić information content (AvgIpc) is 2.90. The van der Waals surface area contributed by atoms with Gasteiger partial charge in [0, 0.05) is 10.0 Å². The molecular weight excluding hydrogens is 350 g/mol. The molecule has 0 radical (unpaired) electrons. The fraction of sp³-hybridized carbons (Fsp3) is 0.412. The number of aryl methyl sites for hydroxylation is 1. The van der Waals surface area contributed by atoms with E-state index in [0.717, 1.165) is 34.6 Å². The highest BCUT2D eigenvalue weighted by Crippen LogP contribution is 2.26. The number of benzene rings is 1. The lowest BCUT2D eigenvalue weighted by atomic mass is 10.1. The quantitative estimate of drug-likeness (QED) is 0.629. The Bertz CT molecular complexity index is 553. The molecule has 2 rings (SSSR count). The van der Waals surface area contributed by atoms with Gasteiger partial charge in [-0.3, -0.25) is 0 Å². The zero-order valence-corrected chi connectivity index (χ0v) is 15.0. The van der Waals surface area contributed by atoms with E-state index in [0.29, 0.717) is 0 Å². The van der Waals surface area contributed by atoms with Crippen LogP contribution in [-0.2, 0) is 6.54 Å². The third-order valence-corrected chi connectivity index (χ3v) is 4.25. The first-order valence-corrected chi connectivity index (χ1v) is 8.06. The Morgan fingerprint density at radius 1 is 1.14 bits per heavy atom. The predicted octanol–water partition coefficient (Wildman–Crippen LogP) is 5.72. The van der Waals surface area contributed by atoms with Crippen LogP contribution in [0.5, 0.6) is 0 Å². The van der Waals surface area contributed by atoms with Crippen molar-refractivity contribution in [2.24, 2.45) is 0 Å². The molecule has 0 aliphatic rings. The summed E-state index contributed by atoms with van der Waals surface area (Å²) in [5, 5.41) is 3.42. The lowest BCUT2D eigenvalue weighted by Gasteiger charge is -2.03. The number of furan rings is 1. The van der Waals surface area contributed by atoms with E-state index in [1.54, 1.807) is 0 Å². The van der Waals surface area contributed by atoms with Gasteiger partial charge >= 0.3 is 0 Å². The fourth-order valence-corrected chi connectivity index (χ4v) is 2.38. The lowest BCUT2D eigenvalue weighted by Crippen LogP contribution is -2.13. The summed E-state index contributed by atoms with van der Waals surface area (Å²) in [6.07, 6.45) is 3.78. The monoisotopic (exact) mass is 371 g/mol. The number of unbranched alkanes of at least 4 members (excludes halogenated alkanes) is 2. The molecule has 116 valence electrons. The molecule has 0 saturated heterocycles. The van der Waals surface area contributed by atoms with Crippen LogP contribution in [0.15, 0.2) is 39.2 Å². The Hall–Kier alpha value is -0.770. The molecule has 0 fully saturated rings. The Labute approximate surface area is 141 Å². The summed E-state index contributed by atoms with van der Waals surface area (Å²) in [6, 6.07) is 10.4. The highest BCUT2D eigenvalue weighted by atomic mass is 79.9. The van der Waals surface area contributed by atoms with E-state index in [-0.39, 0.29) is 12.4 Å². The van der Waals surface area contributed by atoms with Gasteiger partial charge in [0.15, 0.2) is 0 Å². The van der Waals surface area contributed by atoms with Gasteiger partial charge in [-0.2, -0.15) is 0 Å². The molecule has 1 aromatic heterocycles. The summed E-state index contributed by atoms with van der Waals surface area (Å²) < 4.78 is 7.02. The summed E-state index contributed by atoms with van der Waals surface area (Å²) in [4.78, 5) is 0. The maximum atomic E-state index is 5.89. The third kappa shape index (κ3) is 5.50. The molecule has 0 amide bonds. The van der Waals surface area contributed by atoms with Crippen molar-refractivity contribution in [2.75, 3.05) is 6.54 Å². The maximum absolute atomic E-state index is 5.89. The summed E-state index contributed by atoms with van der Waals surface area (Å²) in [5.74, 6) is 1.93.